The van der Waals surface area contributed by atoms with Gasteiger partial charge in [-0.15, -0.1) is 0 Å². The van der Waals surface area contributed by atoms with E-state index >= 15 is 0 Å². The third kappa shape index (κ3) is 2.54. The number of hydrogen-bond acceptors (Lipinski definition) is 3. The number of hydrogen-bond donors (Lipinski definition) is 1. The number of likely N-dealkylation sites (tertiary alicyclic amines) is 1. The molecule has 92 valence electrons. The molecule has 0 amide bonds. The summed E-state index contributed by atoms with van der Waals surface area (Å²) in [6.45, 7) is 3.41. The van der Waals surface area contributed by atoms with Gasteiger partial charge in [0.05, 0.1) is 6.10 Å². The van der Waals surface area contributed by atoms with Crippen LogP contribution in [0.15, 0.2) is 22.8 Å². The molecule has 1 saturated carbocycles. The predicted octanol–water partition coefficient (Wildman–Crippen LogP) is 2.01. The molecule has 1 aromatic rings. The van der Waals surface area contributed by atoms with Crippen molar-refractivity contribution in [2.75, 3.05) is 19.6 Å². The Bertz CT molecular complexity index is 383. The Hall–Kier alpha value is -0.450. The van der Waals surface area contributed by atoms with Crippen LogP contribution < -0.4 is 0 Å². The minimum Gasteiger partial charge on any atom is -0.393 e. The Kier molecular flexibility index (Phi) is 3.19. The van der Waals surface area contributed by atoms with Crippen molar-refractivity contribution in [3.8, 4) is 0 Å². The molecule has 1 aliphatic heterocycles. The summed E-state index contributed by atoms with van der Waals surface area (Å²) in [5, 5.41) is 9.24. The minimum absolute atomic E-state index is 0.0230. The van der Waals surface area contributed by atoms with Gasteiger partial charge >= 0.3 is 0 Å². The van der Waals surface area contributed by atoms with Crippen molar-refractivity contribution in [3.63, 3.8) is 0 Å². The maximum Gasteiger partial charge on any atom is 0.0546 e. The molecule has 1 aromatic heterocycles. The maximum absolute atomic E-state index is 9.24. The Morgan fingerprint density at radius 1 is 1.35 bits per heavy atom. The van der Waals surface area contributed by atoms with Gasteiger partial charge < -0.3 is 10.0 Å². The van der Waals surface area contributed by atoms with Crippen LogP contribution in [0.25, 0.3) is 0 Å². The molecule has 3 nitrogen and oxygen atoms in total. The van der Waals surface area contributed by atoms with Crippen molar-refractivity contribution in [3.05, 3.63) is 28.5 Å². The standard InChI is InChI=1S/C13H17BrN2O/c14-11-1-2-13(15-5-11)10-7-16(8-10)6-9-3-12(17)4-9/h1-2,5,9-10,12,17H,3-4,6-8H2. The van der Waals surface area contributed by atoms with Crippen LogP contribution in [0.2, 0.25) is 0 Å². The first-order chi connectivity index (χ1) is 8.20. The lowest BCUT2D eigenvalue weighted by molar-refractivity contribution is 0.00820. The van der Waals surface area contributed by atoms with E-state index in [4.69, 9.17) is 0 Å². The third-order valence-corrected chi connectivity index (χ3v) is 4.32. The first kappa shape index (κ1) is 11.6. The highest BCUT2D eigenvalue weighted by Crippen LogP contribution is 2.32. The Labute approximate surface area is 110 Å². The fourth-order valence-electron chi connectivity index (χ4n) is 2.75. The molecule has 2 heterocycles. The lowest BCUT2D eigenvalue weighted by Gasteiger charge is -2.43. The zero-order valence-electron chi connectivity index (χ0n) is 9.72. The van der Waals surface area contributed by atoms with Gasteiger partial charge in [0, 0.05) is 41.9 Å². The molecule has 3 rings (SSSR count). The summed E-state index contributed by atoms with van der Waals surface area (Å²) < 4.78 is 1.04. The molecular formula is C13H17BrN2O. The van der Waals surface area contributed by atoms with Crippen LogP contribution in [0.3, 0.4) is 0 Å². The fourth-order valence-corrected chi connectivity index (χ4v) is 2.98. The molecule has 0 bridgehead atoms. The second-order valence-corrected chi connectivity index (χ2v) is 6.22. The molecule has 0 unspecified atom stereocenters. The van der Waals surface area contributed by atoms with E-state index in [1.807, 2.05) is 6.20 Å². The Balaban J connectivity index is 1.46. The average Bonchev–Trinajstić information content (AvgIpc) is 2.21. The second kappa shape index (κ2) is 4.67. The topological polar surface area (TPSA) is 36.4 Å². The van der Waals surface area contributed by atoms with E-state index in [1.54, 1.807) is 0 Å². The van der Waals surface area contributed by atoms with Gasteiger partial charge in [0.15, 0.2) is 0 Å². The number of pyridine rings is 1. The van der Waals surface area contributed by atoms with Crippen molar-refractivity contribution < 1.29 is 5.11 Å². The van der Waals surface area contributed by atoms with E-state index in [0.29, 0.717) is 5.92 Å². The summed E-state index contributed by atoms with van der Waals surface area (Å²) in [7, 11) is 0. The summed E-state index contributed by atoms with van der Waals surface area (Å²) in [4.78, 5) is 6.92. The summed E-state index contributed by atoms with van der Waals surface area (Å²) in [6.07, 6.45) is 3.85. The van der Waals surface area contributed by atoms with Crippen molar-refractivity contribution in [2.45, 2.75) is 24.9 Å². The van der Waals surface area contributed by atoms with Gasteiger partial charge in [-0.2, -0.15) is 0 Å². The normalized spacial score (nSPS) is 29.8. The third-order valence-electron chi connectivity index (χ3n) is 3.85. The summed E-state index contributed by atoms with van der Waals surface area (Å²) in [6, 6.07) is 4.17. The average molecular weight is 297 g/mol. The molecule has 2 aliphatic rings. The molecule has 4 heteroatoms. The van der Waals surface area contributed by atoms with Crippen LogP contribution in [-0.2, 0) is 0 Å². The summed E-state index contributed by atoms with van der Waals surface area (Å²) in [5.74, 6) is 1.33. The first-order valence-corrected chi connectivity index (χ1v) is 7.02. The molecule has 2 fully saturated rings. The summed E-state index contributed by atoms with van der Waals surface area (Å²) in [5.41, 5.74) is 1.21. The number of nitrogens with zero attached hydrogens (tertiary/aromatic N) is 2. The Morgan fingerprint density at radius 2 is 2.12 bits per heavy atom. The lowest BCUT2D eigenvalue weighted by atomic mass is 9.81. The van der Waals surface area contributed by atoms with Crippen molar-refractivity contribution >= 4 is 15.9 Å². The monoisotopic (exact) mass is 296 g/mol. The van der Waals surface area contributed by atoms with Gasteiger partial charge in [0.2, 0.25) is 0 Å². The number of rotatable bonds is 3. The van der Waals surface area contributed by atoms with Gasteiger partial charge in [0.25, 0.3) is 0 Å². The molecule has 1 N–H and O–H groups in total. The van der Waals surface area contributed by atoms with Crippen LogP contribution in [0.4, 0.5) is 0 Å². The molecule has 1 saturated heterocycles. The molecular weight excluding hydrogens is 280 g/mol. The Morgan fingerprint density at radius 3 is 2.71 bits per heavy atom. The van der Waals surface area contributed by atoms with Crippen LogP contribution in [0.5, 0.6) is 0 Å². The largest absolute Gasteiger partial charge is 0.393 e. The van der Waals surface area contributed by atoms with Gasteiger partial charge in [-0.05, 0) is 46.8 Å². The quantitative estimate of drug-likeness (QED) is 0.927. The number of aliphatic hydroxyl groups excluding tert-OH is 1. The zero-order valence-corrected chi connectivity index (χ0v) is 11.3. The predicted molar refractivity (Wildman–Crippen MR) is 69.8 cm³/mol. The lowest BCUT2D eigenvalue weighted by Crippen LogP contribution is -2.49. The van der Waals surface area contributed by atoms with E-state index in [2.05, 4.69) is 37.9 Å². The molecule has 0 radical (unpaired) electrons. The molecule has 0 spiro atoms. The molecule has 17 heavy (non-hydrogen) atoms. The summed E-state index contributed by atoms with van der Waals surface area (Å²) >= 11 is 3.41. The van der Waals surface area contributed by atoms with Gasteiger partial charge in [-0.25, -0.2) is 0 Å². The fraction of sp³-hybridized carbons (Fsp3) is 0.615. The van der Waals surface area contributed by atoms with E-state index in [-0.39, 0.29) is 6.10 Å². The smallest absolute Gasteiger partial charge is 0.0546 e. The van der Waals surface area contributed by atoms with Crippen molar-refractivity contribution in [1.29, 1.82) is 0 Å². The van der Waals surface area contributed by atoms with Crippen molar-refractivity contribution in [1.82, 2.24) is 9.88 Å². The van der Waals surface area contributed by atoms with Crippen LogP contribution in [-0.4, -0.2) is 40.7 Å². The van der Waals surface area contributed by atoms with E-state index in [0.717, 1.165) is 42.9 Å². The molecule has 0 aromatic carbocycles. The highest BCUT2D eigenvalue weighted by atomic mass is 79.9. The number of halogens is 1. The number of aliphatic hydroxyl groups is 1. The molecule has 1 aliphatic carbocycles. The number of aromatic nitrogens is 1. The first-order valence-electron chi connectivity index (χ1n) is 6.22. The minimum atomic E-state index is -0.0230. The van der Waals surface area contributed by atoms with E-state index < -0.39 is 0 Å². The highest BCUT2D eigenvalue weighted by molar-refractivity contribution is 9.10. The molecule has 0 atom stereocenters. The van der Waals surface area contributed by atoms with Crippen LogP contribution >= 0.6 is 15.9 Å². The van der Waals surface area contributed by atoms with Crippen molar-refractivity contribution in [2.24, 2.45) is 5.92 Å². The second-order valence-electron chi connectivity index (χ2n) is 5.31. The highest BCUT2D eigenvalue weighted by Gasteiger charge is 2.34. The van der Waals surface area contributed by atoms with E-state index in [1.165, 1.54) is 5.69 Å². The van der Waals surface area contributed by atoms with Crippen LogP contribution in [0.1, 0.15) is 24.5 Å². The van der Waals surface area contributed by atoms with Crippen LogP contribution in [0, 0.1) is 5.92 Å². The van der Waals surface area contributed by atoms with Gasteiger partial charge in [0.1, 0.15) is 0 Å². The van der Waals surface area contributed by atoms with Gasteiger partial charge in [-0.3, -0.25) is 4.98 Å². The SMILES string of the molecule is OC1CC(CN2CC(c3ccc(Br)cn3)C2)C1. The van der Waals surface area contributed by atoms with E-state index in [9.17, 15) is 5.11 Å². The zero-order chi connectivity index (χ0) is 11.8. The maximum atomic E-state index is 9.24. The van der Waals surface area contributed by atoms with Gasteiger partial charge in [-0.1, -0.05) is 0 Å².